The van der Waals surface area contributed by atoms with Crippen LogP contribution in [0.1, 0.15) is 25.5 Å². The van der Waals surface area contributed by atoms with Gasteiger partial charge in [-0.3, -0.25) is 9.59 Å². The van der Waals surface area contributed by atoms with Crippen molar-refractivity contribution < 1.29 is 19.1 Å². The molecular weight excluding hydrogens is 306 g/mol. The quantitative estimate of drug-likeness (QED) is 0.915. The van der Waals surface area contributed by atoms with Crippen LogP contribution in [0.3, 0.4) is 0 Å². The average molecular weight is 327 g/mol. The summed E-state index contributed by atoms with van der Waals surface area (Å²) in [5.74, 6) is 0.703. The van der Waals surface area contributed by atoms with Crippen molar-refractivity contribution in [1.82, 2.24) is 4.90 Å². The Morgan fingerprint density at radius 3 is 2.62 bits per heavy atom. The lowest BCUT2D eigenvalue weighted by Crippen LogP contribution is -2.34. The molecule has 24 heavy (non-hydrogen) atoms. The number of carbonyl (C=O) groups excluding carboxylic acids is 1. The van der Waals surface area contributed by atoms with Crippen LogP contribution in [-0.2, 0) is 16.0 Å². The Morgan fingerprint density at radius 1 is 1.21 bits per heavy atom. The number of hydrogen-bond acceptors (Lipinski definition) is 3. The topological polar surface area (TPSA) is 70.8 Å². The number of hydrogen-bond donors (Lipinski definition) is 1. The highest BCUT2D eigenvalue weighted by Gasteiger charge is 2.41. The van der Waals surface area contributed by atoms with Crippen molar-refractivity contribution in [3.05, 3.63) is 48.2 Å². The summed E-state index contributed by atoms with van der Waals surface area (Å²) in [5, 5.41) is 9.24. The van der Waals surface area contributed by atoms with Gasteiger partial charge in [-0.2, -0.15) is 0 Å². The largest absolute Gasteiger partial charge is 0.481 e. The number of aryl methyl sites for hydroxylation is 1. The van der Waals surface area contributed by atoms with Crippen LogP contribution in [0, 0.1) is 5.41 Å². The van der Waals surface area contributed by atoms with Crippen LogP contribution in [0.15, 0.2) is 46.9 Å². The van der Waals surface area contributed by atoms with E-state index in [1.165, 1.54) is 0 Å². The van der Waals surface area contributed by atoms with Gasteiger partial charge in [0.2, 0.25) is 5.91 Å². The molecule has 1 atom stereocenters. The molecule has 1 aromatic heterocycles. The number of benzene rings is 1. The number of amides is 1. The minimum atomic E-state index is -0.837. The van der Waals surface area contributed by atoms with E-state index >= 15 is 0 Å². The van der Waals surface area contributed by atoms with Crippen LogP contribution in [0.4, 0.5) is 0 Å². The molecule has 1 N–H and O–H groups in total. The Balaban J connectivity index is 1.56. The van der Waals surface area contributed by atoms with E-state index in [0.717, 1.165) is 17.1 Å². The van der Waals surface area contributed by atoms with Gasteiger partial charge in [0.1, 0.15) is 11.5 Å². The molecule has 126 valence electrons. The van der Waals surface area contributed by atoms with Crippen molar-refractivity contribution in [3.8, 4) is 11.3 Å². The Labute approximate surface area is 140 Å². The third kappa shape index (κ3) is 3.35. The van der Waals surface area contributed by atoms with Gasteiger partial charge in [-0.05, 0) is 25.5 Å². The predicted molar refractivity (Wildman–Crippen MR) is 89.4 cm³/mol. The summed E-state index contributed by atoms with van der Waals surface area (Å²) >= 11 is 0. The molecule has 0 aliphatic carbocycles. The highest BCUT2D eigenvalue weighted by atomic mass is 16.4. The number of nitrogens with zero attached hydrogens (tertiary/aromatic N) is 1. The zero-order chi connectivity index (χ0) is 17.2. The standard InChI is InChI=1S/C19H21NO4/c1-19(18(22)23)11-12-20(13-19)17(21)10-8-15-7-9-16(24-15)14-5-3-2-4-6-14/h2-7,9H,8,10-13H2,1H3,(H,22,23)/t19-/m0/s1. The predicted octanol–water partition coefficient (Wildman–Crippen LogP) is 3.20. The second-order valence-corrected chi connectivity index (χ2v) is 6.56. The van der Waals surface area contributed by atoms with Gasteiger partial charge in [0, 0.05) is 31.5 Å². The molecule has 1 aliphatic rings. The molecule has 0 unspecified atom stereocenters. The molecular formula is C19H21NO4. The molecule has 1 aliphatic heterocycles. The number of carbonyl (C=O) groups is 2. The fraction of sp³-hybridized carbons (Fsp3) is 0.368. The van der Waals surface area contributed by atoms with E-state index in [-0.39, 0.29) is 12.5 Å². The molecule has 1 saturated heterocycles. The Morgan fingerprint density at radius 2 is 1.96 bits per heavy atom. The summed E-state index contributed by atoms with van der Waals surface area (Å²) < 4.78 is 5.80. The van der Waals surface area contributed by atoms with E-state index < -0.39 is 11.4 Å². The minimum absolute atomic E-state index is 0.0161. The lowest BCUT2D eigenvalue weighted by Gasteiger charge is -2.20. The number of aliphatic carboxylic acids is 1. The van der Waals surface area contributed by atoms with Gasteiger partial charge in [-0.25, -0.2) is 0 Å². The summed E-state index contributed by atoms with van der Waals surface area (Å²) in [6, 6.07) is 13.6. The molecule has 0 radical (unpaired) electrons. The molecule has 2 aromatic rings. The van der Waals surface area contributed by atoms with Crippen LogP contribution < -0.4 is 0 Å². The van der Waals surface area contributed by atoms with Crippen LogP contribution >= 0.6 is 0 Å². The summed E-state index contributed by atoms with van der Waals surface area (Å²) in [5.41, 5.74) is 0.188. The lowest BCUT2D eigenvalue weighted by atomic mass is 9.90. The Hall–Kier alpha value is -2.56. The van der Waals surface area contributed by atoms with Gasteiger partial charge in [-0.15, -0.1) is 0 Å². The summed E-state index contributed by atoms with van der Waals surface area (Å²) in [6.07, 6.45) is 1.36. The van der Waals surface area contributed by atoms with E-state index in [4.69, 9.17) is 4.42 Å². The SMILES string of the molecule is C[C@]1(C(=O)O)CCN(C(=O)CCc2ccc(-c3ccccc3)o2)C1. The first-order valence-corrected chi connectivity index (χ1v) is 8.13. The second-order valence-electron chi connectivity index (χ2n) is 6.56. The van der Waals surface area contributed by atoms with Gasteiger partial charge in [-0.1, -0.05) is 30.3 Å². The molecule has 0 saturated carbocycles. The second kappa shape index (κ2) is 6.51. The summed E-state index contributed by atoms with van der Waals surface area (Å²) in [4.78, 5) is 25.2. The van der Waals surface area contributed by atoms with Crippen LogP contribution in [-0.4, -0.2) is 35.0 Å². The van der Waals surface area contributed by atoms with Crippen molar-refractivity contribution in [3.63, 3.8) is 0 Å². The van der Waals surface area contributed by atoms with Crippen molar-refractivity contribution >= 4 is 11.9 Å². The molecule has 5 heteroatoms. The van der Waals surface area contributed by atoms with Crippen LogP contribution in [0.5, 0.6) is 0 Å². The number of furan rings is 1. The van der Waals surface area contributed by atoms with E-state index in [0.29, 0.717) is 25.8 Å². The van der Waals surface area contributed by atoms with Gasteiger partial charge in [0.15, 0.2) is 0 Å². The summed E-state index contributed by atoms with van der Waals surface area (Å²) in [6.45, 7) is 2.49. The van der Waals surface area contributed by atoms with E-state index in [2.05, 4.69) is 0 Å². The van der Waals surface area contributed by atoms with Gasteiger partial charge < -0.3 is 14.4 Å². The summed E-state index contributed by atoms with van der Waals surface area (Å²) in [7, 11) is 0. The Bertz CT molecular complexity index is 737. The monoisotopic (exact) mass is 327 g/mol. The number of carboxylic acid groups (broad SMARTS) is 1. The van der Waals surface area contributed by atoms with E-state index in [9.17, 15) is 14.7 Å². The zero-order valence-corrected chi connectivity index (χ0v) is 13.7. The van der Waals surface area contributed by atoms with E-state index in [1.54, 1.807) is 11.8 Å². The Kier molecular flexibility index (Phi) is 4.42. The van der Waals surface area contributed by atoms with Gasteiger partial charge in [0.05, 0.1) is 5.41 Å². The first kappa shape index (κ1) is 16.3. The molecule has 5 nitrogen and oxygen atoms in total. The highest BCUT2D eigenvalue weighted by molar-refractivity contribution is 5.80. The number of carboxylic acids is 1. The molecule has 1 aromatic carbocycles. The molecule has 0 bridgehead atoms. The number of likely N-dealkylation sites (tertiary alicyclic amines) is 1. The third-order valence-electron chi connectivity index (χ3n) is 4.65. The van der Waals surface area contributed by atoms with Crippen molar-refractivity contribution in [2.24, 2.45) is 5.41 Å². The molecule has 1 fully saturated rings. The fourth-order valence-electron chi connectivity index (χ4n) is 3.01. The minimum Gasteiger partial charge on any atom is -0.481 e. The maximum absolute atomic E-state index is 12.3. The average Bonchev–Trinajstić information content (AvgIpc) is 3.21. The third-order valence-corrected chi connectivity index (χ3v) is 4.65. The zero-order valence-electron chi connectivity index (χ0n) is 13.7. The highest BCUT2D eigenvalue weighted by Crippen LogP contribution is 2.30. The number of rotatable bonds is 5. The maximum Gasteiger partial charge on any atom is 0.311 e. The maximum atomic E-state index is 12.3. The van der Waals surface area contributed by atoms with Crippen molar-refractivity contribution in [2.45, 2.75) is 26.2 Å². The van der Waals surface area contributed by atoms with E-state index in [1.807, 2.05) is 42.5 Å². The van der Waals surface area contributed by atoms with Crippen LogP contribution in [0.25, 0.3) is 11.3 Å². The fourth-order valence-corrected chi connectivity index (χ4v) is 3.01. The molecule has 0 spiro atoms. The van der Waals surface area contributed by atoms with Crippen LogP contribution in [0.2, 0.25) is 0 Å². The van der Waals surface area contributed by atoms with Gasteiger partial charge >= 0.3 is 5.97 Å². The van der Waals surface area contributed by atoms with Crippen molar-refractivity contribution in [1.29, 1.82) is 0 Å². The molecule has 3 rings (SSSR count). The first-order valence-electron chi connectivity index (χ1n) is 8.13. The smallest absolute Gasteiger partial charge is 0.311 e. The normalized spacial score (nSPS) is 20.3. The molecule has 1 amide bonds. The first-order chi connectivity index (χ1) is 11.5. The molecule has 2 heterocycles. The lowest BCUT2D eigenvalue weighted by molar-refractivity contribution is -0.147. The van der Waals surface area contributed by atoms with Crippen molar-refractivity contribution in [2.75, 3.05) is 13.1 Å². The van der Waals surface area contributed by atoms with Gasteiger partial charge in [0.25, 0.3) is 0 Å².